The molecule has 1 fully saturated rings. The molecule has 0 bridgehead atoms. The monoisotopic (exact) mass is 551 g/mol. The molecule has 1 saturated carbocycles. The third-order valence-electron chi connectivity index (χ3n) is 6.89. The van der Waals surface area contributed by atoms with Crippen LogP contribution in [0.5, 0.6) is 23.0 Å². The summed E-state index contributed by atoms with van der Waals surface area (Å²) < 4.78 is 29.0. The van der Waals surface area contributed by atoms with Crippen LogP contribution >= 0.6 is 0 Å². The Morgan fingerprint density at radius 1 is 0.950 bits per heavy atom. The van der Waals surface area contributed by atoms with E-state index in [1.54, 1.807) is 44.0 Å². The molecule has 4 rings (SSSR count). The van der Waals surface area contributed by atoms with Crippen LogP contribution < -0.4 is 18.9 Å². The second-order valence-electron chi connectivity index (χ2n) is 9.67. The number of hydrogen-bond acceptors (Lipinski definition) is 8. The topological polar surface area (TPSA) is 101 Å². The van der Waals surface area contributed by atoms with Gasteiger partial charge in [0.2, 0.25) is 0 Å². The predicted octanol–water partition coefficient (Wildman–Crippen LogP) is 4.50. The number of hydrogen-bond donors (Lipinski definition) is 0. The molecule has 0 unspecified atom stereocenters. The quantitative estimate of drug-likeness (QED) is 0.213. The van der Waals surface area contributed by atoms with Gasteiger partial charge in [0.05, 0.1) is 53.8 Å². The highest BCUT2D eigenvalue weighted by atomic mass is 16.5. The maximum absolute atomic E-state index is 14.0. The van der Waals surface area contributed by atoms with Crippen molar-refractivity contribution >= 4 is 11.9 Å². The Labute approximate surface area is 234 Å². The Balaban J connectivity index is 1.63. The normalized spacial score (nSPS) is 12.5. The van der Waals surface area contributed by atoms with Gasteiger partial charge in [-0.05, 0) is 43.5 Å². The summed E-state index contributed by atoms with van der Waals surface area (Å²) in [5.41, 5.74) is 3.07. The molecule has 2 aromatic carbocycles. The lowest BCUT2D eigenvalue weighted by Crippen LogP contribution is -2.32. The summed E-state index contributed by atoms with van der Waals surface area (Å²) in [6.07, 6.45) is 2.96. The zero-order valence-corrected chi connectivity index (χ0v) is 23.8. The molecule has 3 aromatic rings. The first-order chi connectivity index (χ1) is 19.4. The van der Waals surface area contributed by atoms with E-state index in [0.717, 1.165) is 29.7 Å². The summed E-state index contributed by atoms with van der Waals surface area (Å²) in [4.78, 5) is 27.2. The Kier molecular flexibility index (Phi) is 9.52. The molecule has 1 heterocycles. The lowest BCUT2D eigenvalue weighted by atomic mass is 10.1. The minimum atomic E-state index is -0.285. The molecule has 0 radical (unpaired) electrons. The lowest BCUT2D eigenvalue weighted by Gasteiger charge is -2.25. The molecule has 40 heavy (non-hydrogen) atoms. The van der Waals surface area contributed by atoms with Crippen molar-refractivity contribution in [3.8, 4) is 23.0 Å². The average molecular weight is 552 g/mol. The largest absolute Gasteiger partial charge is 0.497 e. The molecule has 0 spiro atoms. The highest BCUT2D eigenvalue weighted by Gasteiger charge is 2.30. The third kappa shape index (κ3) is 6.86. The van der Waals surface area contributed by atoms with Crippen LogP contribution in [-0.4, -0.2) is 61.6 Å². The van der Waals surface area contributed by atoms with E-state index in [4.69, 9.17) is 23.7 Å². The molecule has 0 atom stereocenters. The second kappa shape index (κ2) is 13.2. The number of amides is 1. The predicted molar refractivity (Wildman–Crippen MR) is 148 cm³/mol. The van der Waals surface area contributed by atoms with Gasteiger partial charge in [-0.3, -0.25) is 14.3 Å². The Bertz CT molecular complexity index is 1330. The fourth-order valence-electron chi connectivity index (χ4n) is 4.56. The maximum Gasteiger partial charge on any atom is 0.305 e. The van der Waals surface area contributed by atoms with Crippen molar-refractivity contribution in [1.82, 2.24) is 14.7 Å². The lowest BCUT2D eigenvalue weighted by molar-refractivity contribution is -0.140. The standard InChI is InChI=1S/C30H37N3O7/c1-32-25(17-24(31-32)20-11-12-20)30(35)33(18-21-13-14-23(36-2)16-27(21)37-3)19-22-8-6-9-26(29(22)39-5)40-15-7-10-28(34)38-4/h6,8-9,13-14,16-17,20H,7,10-12,15,18-19H2,1-5H3. The Hall–Kier alpha value is -4.21. The van der Waals surface area contributed by atoms with Gasteiger partial charge in [-0.25, -0.2) is 0 Å². The molecule has 214 valence electrons. The van der Waals surface area contributed by atoms with Gasteiger partial charge in [0.15, 0.2) is 11.5 Å². The molecule has 1 amide bonds. The van der Waals surface area contributed by atoms with E-state index in [-0.39, 0.29) is 31.4 Å². The molecule has 1 aromatic heterocycles. The molecular formula is C30H37N3O7. The van der Waals surface area contributed by atoms with Crippen molar-refractivity contribution in [2.24, 2.45) is 7.05 Å². The van der Waals surface area contributed by atoms with Crippen LogP contribution in [0.25, 0.3) is 0 Å². The van der Waals surface area contributed by atoms with Crippen molar-refractivity contribution in [1.29, 1.82) is 0 Å². The van der Waals surface area contributed by atoms with Gasteiger partial charge in [0.25, 0.3) is 5.91 Å². The SMILES string of the molecule is COC(=O)CCCOc1cccc(CN(Cc2ccc(OC)cc2OC)C(=O)c2cc(C3CC3)nn2C)c1OC. The summed E-state index contributed by atoms with van der Waals surface area (Å²) in [6.45, 7) is 0.851. The number of aromatic nitrogens is 2. The number of para-hydroxylation sites is 1. The van der Waals surface area contributed by atoms with E-state index in [1.165, 1.54) is 7.11 Å². The number of esters is 1. The number of rotatable bonds is 14. The zero-order valence-electron chi connectivity index (χ0n) is 23.8. The van der Waals surface area contributed by atoms with Gasteiger partial charge in [-0.15, -0.1) is 0 Å². The molecule has 0 N–H and O–H groups in total. The fourth-order valence-corrected chi connectivity index (χ4v) is 4.56. The van der Waals surface area contributed by atoms with Gasteiger partial charge in [0, 0.05) is 36.6 Å². The van der Waals surface area contributed by atoms with Crippen LogP contribution in [0.4, 0.5) is 0 Å². The van der Waals surface area contributed by atoms with E-state index in [0.29, 0.717) is 47.6 Å². The first-order valence-electron chi connectivity index (χ1n) is 13.3. The molecule has 0 saturated heterocycles. The number of ether oxygens (including phenoxy) is 5. The minimum Gasteiger partial charge on any atom is -0.497 e. The highest BCUT2D eigenvalue weighted by molar-refractivity contribution is 5.92. The van der Waals surface area contributed by atoms with Crippen molar-refractivity contribution in [3.05, 3.63) is 65.0 Å². The van der Waals surface area contributed by atoms with Crippen LogP contribution in [-0.2, 0) is 29.7 Å². The van der Waals surface area contributed by atoms with Crippen LogP contribution in [0.1, 0.15) is 58.9 Å². The summed E-state index contributed by atoms with van der Waals surface area (Å²) in [5.74, 6) is 2.34. The Morgan fingerprint density at radius 2 is 1.73 bits per heavy atom. The molecule has 1 aliphatic carbocycles. The van der Waals surface area contributed by atoms with Crippen LogP contribution in [0.15, 0.2) is 42.5 Å². The summed E-state index contributed by atoms with van der Waals surface area (Å²) in [6, 6.07) is 13.0. The van der Waals surface area contributed by atoms with Crippen LogP contribution in [0.3, 0.4) is 0 Å². The molecule has 10 nitrogen and oxygen atoms in total. The smallest absolute Gasteiger partial charge is 0.305 e. The first-order valence-corrected chi connectivity index (χ1v) is 13.3. The summed E-state index contributed by atoms with van der Waals surface area (Å²) in [5, 5.41) is 4.61. The highest BCUT2D eigenvalue weighted by Crippen LogP contribution is 2.40. The van der Waals surface area contributed by atoms with Gasteiger partial charge < -0.3 is 28.6 Å². The number of benzene rings is 2. The summed E-state index contributed by atoms with van der Waals surface area (Å²) in [7, 11) is 7.93. The molecule has 1 aliphatic rings. The molecule has 10 heteroatoms. The minimum absolute atomic E-state index is 0.161. The third-order valence-corrected chi connectivity index (χ3v) is 6.89. The van der Waals surface area contributed by atoms with Crippen LogP contribution in [0.2, 0.25) is 0 Å². The van der Waals surface area contributed by atoms with E-state index < -0.39 is 0 Å². The van der Waals surface area contributed by atoms with Gasteiger partial charge in [-0.1, -0.05) is 12.1 Å². The molecule has 0 aliphatic heterocycles. The average Bonchev–Trinajstić information content (AvgIpc) is 3.75. The van der Waals surface area contributed by atoms with Crippen LogP contribution in [0, 0.1) is 0 Å². The van der Waals surface area contributed by atoms with Crippen molar-refractivity contribution < 1.29 is 33.3 Å². The van der Waals surface area contributed by atoms with Crippen molar-refractivity contribution in [2.75, 3.05) is 35.0 Å². The van der Waals surface area contributed by atoms with E-state index in [9.17, 15) is 9.59 Å². The van der Waals surface area contributed by atoms with Crippen molar-refractivity contribution in [3.63, 3.8) is 0 Å². The fraction of sp³-hybridized carbons (Fsp3) is 0.433. The first kappa shape index (κ1) is 28.8. The molecular weight excluding hydrogens is 514 g/mol. The van der Waals surface area contributed by atoms with E-state index in [1.807, 2.05) is 36.4 Å². The van der Waals surface area contributed by atoms with Gasteiger partial charge in [0.1, 0.15) is 17.2 Å². The van der Waals surface area contributed by atoms with Gasteiger partial charge in [-0.2, -0.15) is 5.10 Å². The van der Waals surface area contributed by atoms with E-state index >= 15 is 0 Å². The van der Waals surface area contributed by atoms with Crippen molar-refractivity contribution in [2.45, 2.75) is 44.7 Å². The number of carbonyl (C=O) groups excluding carboxylic acids is 2. The second-order valence-corrected chi connectivity index (χ2v) is 9.67. The number of carbonyl (C=O) groups is 2. The maximum atomic E-state index is 14.0. The number of aryl methyl sites for hydroxylation is 1. The summed E-state index contributed by atoms with van der Waals surface area (Å²) >= 11 is 0. The number of nitrogens with zero attached hydrogens (tertiary/aromatic N) is 3. The zero-order chi connectivity index (χ0) is 28.6. The van der Waals surface area contributed by atoms with Gasteiger partial charge >= 0.3 is 5.97 Å². The Morgan fingerprint density at radius 3 is 2.40 bits per heavy atom. The number of methoxy groups -OCH3 is 4. The van der Waals surface area contributed by atoms with E-state index in [2.05, 4.69) is 5.10 Å².